The van der Waals surface area contributed by atoms with Crippen molar-refractivity contribution >= 4 is 39.8 Å². The summed E-state index contributed by atoms with van der Waals surface area (Å²) < 4.78 is 2.76. The molecule has 2 rings (SSSR count). The van der Waals surface area contributed by atoms with Gasteiger partial charge in [-0.2, -0.15) is 5.10 Å². The van der Waals surface area contributed by atoms with E-state index < -0.39 is 0 Å². The van der Waals surface area contributed by atoms with Crippen LogP contribution in [0.15, 0.2) is 30.7 Å². The number of hydrogen-bond donors (Lipinski definition) is 1. The summed E-state index contributed by atoms with van der Waals surface area (Å²) in [4.78, 5) is 4.41. The topological polar surface area (TPSA) is 56.7 Å². The smallest absolute Gasteiger partial charge is 0.124 e. The van der Waals surface area contributed by atoms with Gasteiger partial charge in [-0.3, -0.25) is 4.98 Å². The maximum Gasteiger partial charge on any atom is 0.124 e. The molecule has 0 aliphatic heterocycles. The van der Waals surface area contributed by atoms with Crippen LogP contribution in [0.5, 0.6) is 0 Å². The molecule has 6 heteroatoms. The molecule has 15 heavy (non-hydrogen) atoms. The van der Waals surface area contributed by atoms with Gasteiger partial charge < -0.3 is 5.73 Å². The summed E-state index contributed by atoms with van der Waals surface area (Å²) in [6.45, 7) is 0. The van der Waals surface area contributed by atoms with Gasteiger partial charge in [-0.25, -0.2) is 4.68 Å². The molecule has 0 amide bonds. The van der Waals surface area contributed by atoms with Crippen LogP contribution in [0, 0.1) is 3.57 Å². The van der Waals surface area contributed by atoms with Crippen molar-refractivity contribution in [2.75, 3.05) is 0 Å². The second-order valence-electron chi connectivity index (χ2n) is 2.84. The standard InChI is InChI=1S/C9H7IN4S/c10-6-4-13-14(5-6)7-2-1-3-12-8(7)9(11)15/h1-5H,(H2,11,15). The number of nitrogens with two attached hydrogens (primary N) is 1. The van der Waals surface area contributed by atoms with Gasteiger partial charge in [0.2, 0.25) is 0 Å². The number of pyridine rings is 1. The van der Waals surface area contributed by atoms with Crippen molar-refractivity contribution in [1.82, 2.24) is 14.8 Å². The lowest BCUT2D eigenvalue weighted by atomic mass is 10.3. The molecule has 0 unspecified atom stereocenters. The molecule has 0 saturated carbocycles. The van der Waals surface area contributed by atoms with Crippen LogP contribution in [0.25, 0.3) is 5.69 Å². The first-order valence-electron chi connectivity index (χ1n) is 4.14. The average molecular weight is 330 g/mol. The first-order valence-corrected chi connectivity index (χ1v) is 5.62. The monoisotopic (exact) mass is 330 g/mol. The Bertz CT molecular complexity index is 508. The van der Waals surface area contributed by atoms with E-state index in [1.165, 1.54) is 0 Å². The maximum atomic E-state index is 5.58. The summed E-state index contributed by atoms with van der Waals surface area (Å²) in [7, 11) is 0. The lowest BCUT2D eigenvalue weighted by Gasteiger charge is -2.05. The van der Waals surface area contributed by atoms with Crippen LogP contribution in [0.2, 0.25) is 0 Å². The molecule has 2 heterocycles. The van der Waals surface area contributed by atoms with Crippen molar-refractivity contribution in [2.45, 2.75) is 0 Å². The molecule has 0 fully saturated rings. The molecule has 2 N–H and O–H groups in total. The van der Waals surface area contributed by atoms with Gasteiger partial charge in [0, 0.05) is 12.4 Å². The second-order valence-corrected chi connectivity index (χ2v) is 4.52. The highest BCUT2D eigenvalue weighted by atomic mass is 127. The number of nitrogens with zero attached hydrogens (tertiary/aromatic N) is 3. The summed E-state index contributed by atoms with van der Waals surface area (Å²) >= 11 is 7.12. The summed E-state index contributed by atoms with van der Waals surface area (Å²) in [6, 6.07) is 3.70. The van der Waals surface area contributed by atoms with Crippen molar-refractivity contribution < 1.29 is 0 Å². The van der Waals surface area contributed by atoms with Gasteiger partial charge >= 0.3 is 0 Å². The first kappa shape index (κ1) is 10.5. The van der Waals surface area contributed by atoms with Gasteiger partial charge in [-0.15, -0.1) is 0 Å². The zero-order valence-electron chi connectivity index (χ0n) is 7.59. The third-order valence-corrected chi connectivity index (χ3v) is 2.57. The van der Waals surface area contributed by atoms with Gasteiger partial charge in [0.15, 0.2) is 0 Å². The fraction of sp³-hybridized carbons (Fsp3) is 0. The molecule has 0 aliphatic rings. The van der Waals surface area contributed by atoms with Crippen LogP contribution in [-0.4, -0.2) is 19.8 Å². The molecule has 0 spiro atoms. The van der Waals surface area contributed by atoms with Gasteiger partial charge in [-0.05, 0) is 34.7 Å². The fourth-order valence-corrected chi connectivity index (χ4v) is 1.75. The Balaban J connectivity index is 2.57. The van der Waals surface area contributed by atoms with Crippen LogP contribution in [0.4, 0.5) is 0 Å². The Kier molecular flexibility index (Phi) is 2.96. The summed E-state index contributed by atoms with van der Waals surface area (Å²) in [5.74, 6) is 0. The highest BCUT2D eigenvalue weighted by Crippen LogP contribution is 2.12. The average Bonchev–Trinajstić information content (AvgIpc) is 2.65. The quantitative estimate of drug-likeness (QED) is 0.670. The van der Waals surface area contributed by atoms with Crippen LogP contribution < -0.4 is 5.73 Å². The summed E-state index contributed by atoms with van der Waals surface area (Å²) in [6.07, 6.45) is 5.31. The predicted octanol–water partition coefficient (Wildman–Crippen LogP) is 1.51. The molecular weight excluding hydrogens is 323 g/mol. The van der Waals surface area contributed by atoms with E-state index in [2.05, 4.69) is 32.7 Å². The molecule has 4 nitrogen and oxygen atoms in total. The van der Waals surface area contributed by atoms with E-state index in [0.29, 0.717) is 5.69 Å². The van der Waals surface area contributed by atoms with Gasteiger partial charge in [0.25, 0.3) is 0 Å². The number of aromatic nitrogens is 3. The second kappa shape index (κ2) is 4.23. The van der Waals surface area contributed by atoms with E-state index in [-0.39, 0.29) is 4.99 Å². The first-order chi connectivity index (χ1) is 7.18. The Morgan fingerprint density at radius 3 is 2.93 bits per heavy atom. The zero-order valence-corrected chi connectivity index (χ0v) is 10.6. The van der Waals surface area contributed by atoms with Crippen molar-refractivity contribution in [3.8, 4) is 5.69 Å². The fourth-order valence-electron chi connectivity index (χ4n) is 1.20. The van der Waals surface area contributed by atoms with Gasteiger partial charge in [0.05, 0.1) is 15.5 Å². The van der Waals surface area contributed by atoms with E-state index >= 15 is 0 Å². The Labute approximate surface area is 106 Å². The van der Waals surface area contributed by atoms with Crippen molar-refractivity contribution in [2.24, 2.45) is 5.73 Å². The van der Waals surface area contributed by atoms with Crippen molar-refractivity contribution in [1.29, 1.82) is 0 Å². The minimum atomic E-state index is 0.274. The largest absolute Gasteiger partial charge is 0.388 e. The Hall–Kier alpha value is -1.02. The molecule has 0 bridgehead atoms. The van der Waals surface area contributed by atoms with E-state index in [1.54, 1.807) is 17.1 Å². The van der Waals surface area contributed by atoms with Crippen molar-refractivity contribution in [3.05, 3.63) is 40.0 Å². The van der Waals surface area contributed by atoms with Crippen LogP contribution in [0.3, 0.4) is 0 Å². The molecule has 0 atom stereocenters. The lowest BCUT2D eigenvalue weighted by Crippen LogP contribution is -2.15. The molecule has 76 valence electrons. The summed E-state index contributed by atoms with van der Waals surface area (Å²) in [5, 5.41) is 4.18. The number of rotatable bonds is 2. The lowest BCUT2D eigenvalue weighted by molar-refractivity contribution is 0.871. The van der Waals surface area contributed by atoms with Crippen LogP contribution in [0.1, 0.15) is 5.69 Å². The van der Waals surface area contributed by atoms with Gasteiger partial charge in [0.1, 0.15) is 10.7 Å². The zero-order chi connectivity index (χ0) is 10.8. The van der Waals surface area contributed by atoms with Crippen molar-refractivity contribution in [3.63, 3.8) is 0 Å². The van der Waals surface area contributed by atoms with Crippen LogP contribution >= 0.6 is 34.8 Å². The van der Waals surface area contributed by atoms with E-state index in [0.717, 1.165) is 9.26 Å². The molecule has 0 saturated heterocycles. The highest BCUT2D eigenvalue weighted by Gasteiger charge is 2.08. The highest BCUT2D eigenvalue weighted by molar-refractivity contribution is 14.1. The van der Waals surface area contributed by atoms with Crippen LogP contribution in [-0.2, 0) is 0 Å². The summed E-state index contributed by atoms with van der Waals surface area (Å²) in [5.41, 5.74) is 6.97. The SMILES string of the molecule is NC(=S)c1ncccc1-n1cc(I)cn1. The number of hydrogen-bond acceptors (Lipinski definition) is 3. The Morgan fingerprint density at radius 2 is 2.33 bits per heavy atom. The normalized spacial score (nSPS) is 10.2. The predicted molar refractivity (Wildman–Crippen MR) is 70.0 cm³/mol. The molecule has 0 radical (unpaired) electrons. The molecule has 0 aromatic carbocycles. The minimum absolute atomic E-state index is 0.274. The molecule has 2 aromatic rings. The maximum absolute atomic E-state index is 5.58. The van der Waals surface area contributed by atoms with E-state index in [4.69, 9.17) is 18.0 Å². The molecule has 2 aromatic heterocycles. The number of halogens is 1. The van der Waals surface area contributed by atoms with E-state index in [9.17, 15) is 0 Å². The molecule has 0 aliphatic carbocycles. The van der Waals surface area contributed by atoms with Gasteiger partial charge in [-0.1, -0.05) is 12.2 Å². The minimum Gasteiger partial charge on any atom is -0.388 e. The third-order valence-electron chi connectivity index (χ3n) is 1.82. The Morgan fingerprint density at radius 1 is 1.53 bits per heavy atom. The number of thiocarbonyl (C=S) groups is 1. The van der Waals surface area contributed by atoms with E-state index in [1.807, 2.05) is 18.3 Å². The third kappa shape index (κ3) is 2.15. The molecular formula is C9H7IN4S.